The van der Waals surface area contributed by atoms with E-state index in [0.717, 1.165) is 19.3 Å². The second-order valence-electron chi connectivity index (χ2n) is 6.18. The Morgan fingerprint density at radius 3 is 2.62 bits per heavy atom. The summed E-state index contributed by atoms with van der Waals surface area (Å²) in [6.45, 7) is 5.61. The third-order valence-electron chi connectivity index (χ3n) is 3.89. The summed E-state index contributed by atoms with van der Waals surface area (Å²) in [5.74, 6) is 0.298. The zero-order valence-corrected chi connectivity index (χ0v) is 13.8. The fourth-order valence-corrected chi connectivity index (χ4v) is 4.54. The fraction of sp³-hybridized carbons (Fsp3) is 0.625. The molecule has 0 radical (unpaired) electrons. The molecule has 0 heterocycles. The van der Waals surface area contributed by atoms with E-state index in [1.54, 1.807) is 10.4 Å². The van der Waals surface area contributed by atoms with Crippen LogP contribution >= 0.6 is 0 Å². The summed E-state index contributed by atoms with van der Waals surface area (Å²) in [4.78, 5) is 0.431. The Hall–Kier alpha value is -0.910. The largest absolute Gasteiger partial charge is 0.330 e. The van der Waals surface area contributed by atoms with Crippen LogP contribution in [-0.4, -0.2) is 32.4 Å². The van der Waals surface area contributed by atoms with E-state index >= 15 is 0 Å². The predicted octanol–water partition coefficient (Wildman–Crippen LogP) is 2.17. The molecular weight excluding hydrogens is 284 g/mol. The molecule has 0 atom stereocenters. The molecule has 1 aromatic carbocycles. The lowest BCUT2D eigenvalue weighted by Crippen LogP contribution is -2.36. The Balaban J connectivity index is 2.28. The maximum atomic E-state index is 12.9. The molecule has 0 saturated carbocycles. The molecule has 1 aliphatic carbocycles. The van der Waals surface area contributed by atoms with Crippen LogP contribution in [0.3, 0.4) is 0 Å². The van der Waals surface area contributed by atoms with Crippen molar-refractivity contribution >= 4 is 10.0 Å². The van der Waals surface area contributed by atoms with E-state index in [1.165, 1.54) is 11.1 Å². The standard InChI is InChI=1S/C16H26N2O2S/c1-13(2)12-18(10-4-9-17)21(19,20)16-8-7-14-5-3-6-15(14)11-16/h7-8,11,13H,3-6,9-10,12,17H2,1-2H3. The average molecular weight is 310 g/mol. The maximum Gasteiger partial charge on any atom is 0.243 e. The second-order valence-corrected chi connectivity index (χ2v) is 8.12. The van der Waals surface area contributed by atoms with Crippen LogP contribution in [0.5, 0.6) is 0 Å². The summed E-state index contributed by atoms with van der Waals surface area (Å²) in [6, 6.07) is 5.61. The first-order valence-electron chi connectivity index (χ1n) is 7.77. The summed E-state index contributed by atoms with van der Waals surface area (Å²) < 4.78 is 27.3. The molecule has 1 aromatic rings. The van der Waals surface area contributed by atoms with Crippen molar-refractivity contribution in [2.24, 2.45) is 11.7 Å². The maximum absolute atomic E-state index is 12.9. The predicted molar refractivity (Wildman–Crippen MR) is 85.7 cm³/mol. The Morgan fingerprint density at radius 1 is 1.24 bits per heavy atom. The number of benzene rings is 1. The van der Waals surface area contributed by atoms with Gasteiger partial charge >= 0.3 is 0 Å². The van der Waals surface area contributed by atoms with Gasteiger partial charge in [0.1, 0.15) is 0 Å². The van der Waals surface area contributed by atoms with Crippen LogP contribution in [0.1, 0.15) is 37.8 Å². The zero-order valence-electron chi connectivity index (χ0n) is 13.0. The first-order valence-corrected chi connectivity index (χ1v) is 9.21. The minimum atomic E-state index is -3.41. The molecule has 1 aliphatic rings. The zero-order chi connectivity index (χ0) is 15.5. The summed E-state index contributed by atoms with van der Waals surface area (Å²) in [5.41, 5.74) is 8.03. The van der Waals surface area contributed by atoms with E-state index in [9.17, 15) is 8.42 Å². The number of fused-ring (bicyclic) bond motifs is 1. The molecule has 0 amide bonds. The smallest absolute Gasteiger partial charge is 0.243 e. The number of hydrogen-bond donors (Lipinski definition) is 1. The lowest BCUT2D eigenvalue weighted by molar-refractivity contribution is 0.364. The molecule has 0 unspecified atom stereocenters. The lowest BCUT2D eigenvalue weighted by atomic mass is 10.1. The summed E-state index contributed by atoms with van der Waals surface area (Å²) in [7, 11) is -3.41. The van der Waals surface area contributed by atoms with Crippen LogP contribution < -0.4 is 5.73 Å². The highest BCUT2D eigenvalue weighted by Gasteiger charge is 2.26. The third kappa shape index (κ3) is 3.84. The van der Waals surface area contributed by atoms with E-state index in [2.05, 4.69) is 0 Å². The van der Waals surface area contributed by atoms with Gasteiger partial charge in [-0.25, -0.2) is 8.42 Å². The Kier molecular flexibility index (Phi) is 5.41. The van der Waals surface area contributed by atoms with Crippen LogP contribution in [0, 0.1) is 5.92 Å². The SMILES string of the molecule is CC(C)CN(CCCN)S(=O)(=O)c1ccc2c(c1)CCC2. The molecule has 0 aromatic heterocycles. The Labute approximate surface area is 128 Å². The van der Waals surface area contributed by atoms with Crippen molar-refractivity contribution in [1.82, 2.24) is 4.31 Å². The van der Waals surface area contributed by atoms with Crippen molar-refractivity contribution < 1.29 is 8.42 Å². The minimum Gasteiger partial charge on any atom is -0.330 e. The molecule has 5 heteroatoms. The first kappa shape index (κ1) is 16.5. The normalized spacial score (nSPS) is 14.9. The highest BCUT2D eigenvalue weighted by atomic mass is 32.2. The number of nitrogens with two attached hydrogens (primary N) is 1. The minimum absolute atomic E-state index is 0.298. The molecule has 0 aliphatic heterocycles. The van der Waals surface area contributed by atoms with Gasteiger partial charge in [0.25, 0.3) is 0 Å². The third-order valence-corrected chi connectivity index (χ3v) is 5.75. The van der Waals surface area contributed by atoms with E-state index in [4.69, 9.17) is 5.73 Å². The highest BCUT2D eigenvalue weighted by molar-refractivity contribution is 7.89. The van der Waals surface area contributed by atoms with Gasteiger partial charge in [-0.15, -0.1) is 0 Å². The molecule has 118 valence electrons. The number of aryl methyl sites for hydroxylation is 2. The number of sulfonamides is 1. The van der Waals surface area contributed by atoms with Gasteiger partial charge in [-0.05, 0) is 61.4 Å². The second kappa shape index (κ2) is 6.90. The Bertz CT molecular complexity index is 582. The van der Waals surface area contributed by atoms with Gasteiger partial charge in [0, 0.05) is 13.1 Å². The number of nitrogens with zero attached hydrogens (tertiary/aromatic N) is 1. The van der Waals surface area contributed by atoms with Crippen LogP contribution in [0.4, 0.5) is 0 Å². The summed E-state index contributed by atoms with van der Waals surface area (Å²) >= 11 is 0. The molecule has 0 bridgehead atoms. The quantitative estimate of drug-likeness (QED) is 0.839. The van der Waals surface area contributed by atoms with E-state index in [1.807, 2.05) is 26.0 Å². The van der Waals surface area contributed by atoms with Gasteiger partial charge in [0.05, 0.1) is 4.90 Å². The van der Waals surface area contributed by atoms with Crippen molar-refractivity contribution in [1.29, 1.82) is 0 Å². The molecule has 21 heavy (non-hydrogen) atoms. The molecule has 2 rings (SSSR count). The average Bonchev–Trinajstić information content (AvgIpc) is 2.90. The van der Waals surface area contributed by atoms with Crippen LogP contribution in [0.25, 0.3) is 0 Å². The van der Waals surface area contributed by atoms with Gasteiger partial charge in [-0.2, -0.15) is 4.31 Å². The van der Waals surface area contributed by atoms with Crippen molar-refractivity contribution in [3.05, 3.63) is 29.3 Å². The van der Waals surface area contributed by atoms with Crippen molar-refractivity contribution in [3.63, 3.8) is 0 Å². The van der Waals surface area contributed by atoms with Crippen molar-refractivity contribution in [3.8, 4) is 0 Å². The Morgan fingerprint density at radius 2 is 1.95 bits per heavy atom. The van der Waals surface area contributed by atoms with E-state index in [-0.39, 0.29) is 0 Å². The molecule has 4 nitrogen and oxygen atoms in total. The van der Waals surface area contributed by atoms with E-state index < -0.39 is 10.0 Å². The monoisotopic (exact) mass is 310 g/mol. The molecular formula is C16H26N2O2S. The van der Waals surface area contributed by atoms with Gasteiger partial charge in [0.15, 0.2) is 0 Å². The van der Waals surface area contributed by atoms with Crippen LogP contribution in [-0.2, 0) is 22.9 Å². The van der Waals surface area contributed by atoms with Gasteiger partial charge in [-0.1, -0.05) is 19.9 Å². The van der Waals surface area contributed by atoms with Crippen LogP contribution in [0.15, 0.2) is 23.1 Å². The number of hydrogen-bond acceptors (Lipinski definition) is 3. The molecule has 0 spiro atoms. The first-order chi connectivity index (χ1) is 9.95. The molecule has 2 N–H and O–H groups in total. The van der Waals surface area contributed by atoms with Crippen molar-refractivity contribution in [2.75, 3.05) is 19.6 Å². The number of rotatable bonds is 7. The van der Waals surface area contributed by atoms with Gasteiger partial charge in [-0.3, -0.25) is 0 Å². The van der Waals surface area contributed by atoms with E-state index in [0.29, 0.717) is 36.9 Å². The summed E-state index contributed by atoms with van der Waals surface area (Å²) in [6.07, 6.45) is 3.88. The molecule has 0 fully saturated rings. The van der Waals surface area contributed by atoms with Crippen LogP contribution in [0.2, 0.25) is 0 Å². The summed E-state index contributed by atoms with van der Waals surface area (Å²) in [5, 5.41) is 0. The fourth-order valence-electron chi connectivity index (χ4n) is 2.84. The molecule has 0 saturated heterocycles. The lowest BCUT2D eigenvalue weighted by Gasteiger charge is -2.24. The highest BCUT2D eigenvalue weighted by Crippen LogP contribution is 2.26. The van der Waals surface area contributed by atoms with Crippen molar-refractivity contribution in [2.45, 2.75) is 44.4 Å². The topological polar surface area (TPSA) is 63.4 Å². The van der Waals surface area contributed by atoms with Gasteiger partial charge < -0.3 is 5.73 Å². The van der Waals surface area contributed by atoms with Gasteiger partial charge in [0.2, 0.25) is 10.0 Å².